The Morgan fingerprint density at radius 3 is 2.00 bits per heavy atom. The maximum Gasteiger partial charge on any atom is 0.0564 e. The third kappa shape index (κ3) is 7.28. The molecule has 0 spiro atoms. The monoisotopic (exact) mass is 340 g/mol. The molecule has 0 bridgehead atoms. The second kappa shape index (κ2) is 11.1. The van der Waals surface area contributed by atoms with Crippen LogP contribution in [-0.2, 0) is 0 Å². The van der Waals surface area contributed by atoms with Crippen LogP contribution in [0.2, 0.25) is 0 Å². The summed E-state index contributed by atoms with van der Waals surface area (Å²) in [6, 6.07) is 2.19. The number of unbranched alkanes of at least 4 members (excludes halogenated alkanes) is 6. The van der Waals surface area contributed by atoms with Crippen molar-refractivity contribution in [3.05, 3.63) is 22.9 Å². The van der Waals surface area contributed by atoms with E-state index in [0.29, 0.717) is 0 Å². The zero-order chi connectivity index (χ0) is 14.6. The van der Waals surface area contributed by atoms with Gasteiger partial charge >= 0.3 is 0 Å². The second-order valence-electron chi connectivity index (χ2n) is 5.47. The number of anilines is 1. The van der Waals surface area contributed by atoms with Crippen LogP contribution in [0, 0.1) is 0 Å². The first-order chi connectivity index (χ1) is 9.77. The van der Waals surface area contributed by atoms with Crippen molar-refractivity contribution in [3.63, 3.8) is 0 Å². The number of hydrogen-bond acceptors (Lipinski definition) is 2. The highest BCUT2D eigenvalue weighted by Crippen LogP contribution is 2.20. The summed E-state index contributed by atoms with van der Waals surface area (Å²) in [6.45, 7) is 6.84. The van der Waals surface area contributed by atoms with Gasteiger partial charge in [0.25, 0.3) is 0 Å². The van der Waals surface area contributed by atoms with Crippen LogP contribution >= 0.6 is 15.9 Å². The second-order valence-corrected chi connectivity index (χ2v) is 6.39. The van der Waals surface area contributed by atoms with Crippen molar-refractivity contribution in [2.24, 2.45) is 0 Å². The Balaban J connectivity index is 2.49. The minimum atomic E-state index is 1.07. The summed E-state index contributed by atoms with van der Waals surface area (Å²) >= 11 is 3.53. The zero-order valence-corrected chi connectivity index (χ0v) is 14.7. The van der Waals surface area contributed by atoms with Gasteiger partial charge in [-0.25, -0.2) is 0 Å². The number of nitrogens with zero attached hydrogens (tertiary/aromatic N) is 2. The normalized spacial score (nSPS) is 10.8. The van der Waals surface area contributed by atoms with Gasteiger partial charge in [0.2, 0.25) is 0 Å². The number of rotatable bonds is 11. The van der Waals surface area contributed by atoms with Crippen molar-refractivity contribution in [1.82, 2.24) is 4.98 Å². The van der Waals surface area contributed by atoms with Gasteiger partial charge in [-0.15, -0.1) is 0 Å². The summed E-state index contributed by atoms with van der Waals surface area (Å²) in [5.41, 5.74) is 1.26. The molecule has 0 amide bonds. The van der Waals surface area contributed by atoms with Crippen LogP contribution in [0.15, 0.2) is 22.9 Å². The molecule has 0 aromatic carbocycles. The molecule has 114 valence electrons. The molecule has 0 N–H and O–H groups in total. The van der Waals surface area contributed by atoms with Crippen LogP contribution in [0.3, 0.4) is 0 Å². The standard InChI is InChI=1S/C17H29BrN2/c1-3-5-7-9-11-20(12-10-8-6-4-2)17-13-16(18)14-19-15-17/h13-15H,3-12H2,1-2H3. The van der Waals surface area contributed by atoms with E-state index >= 15 is 0 Å². The summed E-state index contributed by atoms with van der Waals surface area (Å²) in [5, 5.41) is 0. The Kier molecular flexibility index (Phi) is 9.73. The molecule has 0 unspecified atom stereocenters. The Morgan fingerprint density at radius 2 is 1.50 bits per heavy atom. The van der Waals surface area contributed by atoms with Crippen molar-refractivity contribution < 1.29 is 0 Å². The van der Waals surface area contributed by atoms with E-state index in [9.17, 15) is 0 Å². The molecule has 1 rings (SSSR count). The van der Waals surface area contributed by atoms with Crippen molar-refractivity contribution in [2.45, 2.75) is 65.2 Å². The fourth-order valence-electron chi connectivity index (χ4n) is 2.40. The number of aromatic nitrogens is 1. The minimum absolute atomic E-state index is 1.07. The smallest absolute Gasteiger partial charge is 0.0564 e. The molecule has 0 radical (unpaired) electrons. The van der Waals surface area contributed by atoms with E-state index in [1.165, 1.54) is 57.1 Å². The van der Waals surface area contributed by atoms with E-state index < -0.39 is 0 Å². The summed E-state index contributed by atoms with van der Waals surface area (Å²) in [4.78, 5) is 6.81. The first-order valence-electron chi connectivity index (χ1n) is 8.13. The quantitative estimate of drug-likeness (QED) is 0.472. The summed E-state index contributed by atoms with van der Waals surface area (Å²) in [5.74, 6) is 0. The van der Waals surface area contributed by atoms with Gasteiger partial charge in [-0.2, -0.15) is 0 Å². The molecule has 0 aliphatic heterocycles. The molecule has 0 saturated carbocycles. The lowest BCUT2D eigenvalue weighted by Crippen LogP contribution is -2.25. The van der Waals surface area contributed by atoms with Gasteiger partial charge in [-0.1, -0.05) is 52.4 Å². The Morgan fingerprint density at radius 1 is 0.900 bits per heavy atom. The van der Waals surface area contributed by atoms with E-state index in [2.05, 4.69) is 45.7 Å². The van der Waals surface area contributed by atoms with Crippen LogP contribution < -0.4 is 4.90 Å². The van der Waals surface area contributed by atoms with Gasteiger partial charge in [-0.05, 0) is 34.8 Å². The Labute approximate surface area is 133 Å². The maximum absolute atomic E-state index is 4.31. The predicted octanol–water partition coefficient (Wildman–Crippen LogP) is 5.81. The summed E-state index contributed by atoms with van der Waals surface area (Å²) in [7, 11) is 0. The van der Waals surface area contributed by atoms with E-state index in [4.69, 9.17) is 0 Å². The molecular weight excluding hydrogens is 312 g/mol. The van der Waals surface area contributed by atoms with Crippen LogP contribution in [0.5, 0.6) is 0 Å². The molecule has 0 saturated heterocycles. The first kappa shape index (κ1) is 17.5. The highest BCUT2D eigenvalue weighted by atomic mass is 79.9. The molecule has 3 heteroatoms. The molecular formula is C17H29BrN2. The van der Waals surface area contributed by atoms with Gasteiger partial charge in [-0.3, -0.25) is 4.98 Å². The number of pyridine rings is 1. The minimum Gasteiger partial charge on any atom is -0.370 e. The van der Waals surface area contributed by atoms with Crippen molar-refractivity contribution >= 4 is 21.6 Å². The fourth-order valence-corrected chi connectivity index (χ4v) is 2.76. The fraction of sp³-hybridized carbons (Fsp3) is 0.706. The molecule has 0 atom stereocenters. The van der Waals surface area contributed by atoms with Gasteiger partial charge < -0.3 is 4.90 Å². The zero-order valence-electron chi connectivity index (χ0n) is 13.1. The lowest BCUT2D eigenvalue weighted by atomic mass is 10.1. The molecule has 0 aliphatic rings. The van der Waals surface area contributed by atoms with Crippen molar-refractivity contribution in [2.75, 3.05) is 18.0 Å². The molecule has 1 aromatic rings. The molecule has 2 nitrogen and oxygen atoms in total. The number of hydrogen-bond donors (Lipinski definition) is 0. The molecule has 20 heavy (non-hydrogen) atoms. The highest BCUT2D eigenvalue weighted by molar-refractivity contribution is 9.10. The third-order valence-electron chi connectivity index (χ3n) is 3.62. The SMILES string of the molecule is CCCCCCN(CCCCCC)c1cncc(Br)c1. The molecule has 1 aromatic heterocycles. The lowest BCUT2D eigenvalue weighted by molar-refractivity contribution is 0.608. The summed E-state index contributed by atoms with van der Waals surface area (Å²) < 4.78 is 1.07. The van der Waals surface area contributed by atoms with E-state index in [1.54, 1.807) is 0 Å². The third-order valence-corrected chi connectivity index (χ3v) is 4.05. The van der Waals surface area contributed by atoms with Crippen LogP contribution in [0.25, 0.3) is 0 Å². The van der Waals surface area contributed by atoms with Gasteiger partial charge in [0, 0.05) is 23.8 Å². The van der Waals surface area contributed by atoms with Gasteiger partial charge in [0.05, 0.1) is 11.9 Å². The maximum atomic E-state index is 4.31. The van der Waals surface area contributed by atoms with Gasteiger partial charge in [0.1, 0.15) is 0 Å². The number of halogens is 1. The first-order valence-corrected chi connectivity index (χ1v) is 8.92. The van der Waals surface area contributed by atoms with Gasteiger partial charge in [0.15, 0.2) is 0 Å². The molecule has 0 aliphatic carbocycles. The highest BCUT2D eigenvalue weighted by Gasteiger charge is 2.07. The van der Waals surface area contributed by atoms with Crippen molar-refractivity contribution in [1.29, 1.82) is 0 Å². The average molecular weight is 341 g/mol. The predicted molar refractivity (Wildman–Crippen MR) is 92.4 cm³/mol. The Bertz CT molecular complexity index is 343. The van der Waals surface area contributed by atoms with Crippen molar-refractivity contribution in [3.8, 4) is 0 Å². The molecule has 0 fully saturated rings. The van der Waals surface area contributed by atoms with E-state index in [-0.39, 0.29) is 0 Å². The van der Waals surface area contributed by atoms with Crippen LogP contribution in [0.4, 0.5) is 5.69 Å². The largest absolute Gasteiger partial charge is 0.370 e. The Hall–Kier alpha value is -0.570. The average Bonchev–Trinajstić information content (AvgIpc) is 2.45. The van der Waals surface area contributed by atoms with Crippen LogP contribution in [0.1, 0.15) is 65.2 Å². The lowest BCUT2D eigenvalue weighted by Gasteiger charge is -2.24. The topological polar surface area (TPSA) is 16.1 Å². The van der Waals surface area contributed by atoms with E-state index in [0.717, 1.165) is 17.6 Å². The summed E-state index contributed by atoms with van der Waals surface area (Å²) in [6.07, 6.45) is 14.4. The molecule has 1 heterocycles. The van der Waals surface area contributed by atoms with Crippen LogP contribution in [-0.4, -0.2) is 18.1 Å². The van der Waals surface area contributed by atoms with E-state index in [1.807, 2.05) is 12.4 Å².